The molecule has 0 bridgehead atoms. The highest BCUT2D eigenvalue weighted by molar-refractivity contribution is 5.94. The minimum Gasteiger partial charge on any atom is -0.347 e. The van der Waals surface area contributed by atoms with Crippen molar-refractivity contribution in [3.8, 4) is 0 Å². The molecule has 2 atom stereocenters. The highest BCUT2D eigenvalue weighted by Gasteiger charge is 2.31. The van der Waals surface area contributed by atoms with Crippen molar-refractivity contribution < 1.29 is 4.79 Å². The third-order valence-electron chi connectivity index (χ3n) is 5.11. The minimum absolute atomic E-state index is 0.0112. The number of benzene rings is 1. The van der Waals surface area contributed by atoms with E-state index in [1.807, 2.05) is 24.3 Å². The number of nitrogens with one attached hydrogen (secondary N) is 1. The highest BCUT2D eigenvalue weighted by atomic mass is 16.2. The van der Waals surface area contributed by atoms with Crippen LogP contribution in [-0.2, 0) is 6.54 Å². The molecule has 0 aliphatic carbocycles. The van der Waals surface area contributed by atoms with Crippen LogP contribution in [0.4, 0.5) is 0 Å². The molecule has 1 N–H and O–H groups in total. The number of fused-ring (bicyclic) bond motifs is 1. The molecule has 1 aliphatic rings. The molecule has 0 unspecified atom stereocenters. The molecule has 27 heavy (non-hydrogen) atoms. The van der Waals surface area contributed by atoms with Crippen LogP contribution < -0.4 is 10.9 Å². The number of nitrogens with zero attached hydrogens (tertiary/aromatic N) is 3. The van der Waals surface area contributed by atoms with Crippen molar-refractivity contribution in [1.82, 2.24) is 19.6 Å². The first-order chi connectivity index (χ1) is 13.1. The molecule has 6 heteroatoms. The van der Waals surface area contributed by atoms with Crippen LogP contribution in [-0.4, -0.2) is 39.3 Å². The number of hydrogen-bond acceptors (Lipinski definition) is 4. The summed E-state index contributed by atoms with van der Waals surface area (Å²) in [6.07, 6.45) is 3.00. The molecule has 3 heterocycles. The van der Waals surface area contributed by atoms with Gasteiger partial charge in [-0.25, -0.2) is 4.98 Å². The van der Waals surface area contributed by atoms with Crippen LogP contribution >= 0.6 is 0 Å². The molecule has 0 radical (unpaired) electrons. The molecule has 4 rings (SSSR count). The van der Waals surface area contributed by atoms with E-state index in [0.717, 1.165) is 19.6 Å². The topological polar surface area (TPSA) is 66.7 Å². The lowest BCUT2D eigenvalue weighted by Crippen LogP contribution is -2.42. The van der Waals surface area contributed by atoms with Gasteiger partial charge in [-0.1, -0.05) is 43.3 Å². The molecule has 1 aromatic carbocycles. The van der Waals surface area contributed by atoms with Crippen molar-refractivity contribution in [3.05, 3.63) is 82.4 Å². The Balaban J connectivity index is 1.47. The Morgan fingerprint density at radius 1 is 1.15 bits per heavy atom. The van der Waals surface area contributed by atoms with Crippen molar-refractivity contribution in [1.29, 1.82) is 0 Å². The van der Waals surface area contributed by atoms with E-state index in [-0.39, 0.29) is 23.1 Å². The second-order valence-corrected chi connectivity index (χ2v) is 7.14. The lowest BCUT2D eigenvalue weighted by Gasteiger charge is -2.17. The first kappa shape index (κ1) is 17.4. The maximum Gasteiger partial charge on any atom is 0.270 e. The number of rotatable bonds is 4. The van der Waals surface area contributed by atoms with Crippen LogP contribution in [0.5, 0.6) is 0 Å². The Morgan fingerprint density at radius 3 is 2.74 bits per heavy atom. The van der Waals surface area contributed by atoms with Crippen LogP contribution in [0.15, 0.2) is 65.7 Å². The van der Waals surface area contributed by atoms with Gasteiger partial charge in [-0.2, -0.15) is 0 Å². The molecular formula is C21H22N4O2. The van der Waals surface area contributed by atoms with Crippen molar-refractivity contribution >= 4 is 11.6 Å². The molecule has 1 aliphatic heterocycles. The predicted molar refractivity (Wildman–Crippen MR) is 104 cm³/mol. The average molecular weight is 362 g/mol. The maximum atomic E-state index is 12.7. The third-order valence-corrected chi connectivity index (χ3v) is 5.11. The standard InChI is InChI=1S/C21H22N4O2/c1-15-12-24(13-16-7-3-2-4-8-16)14-18(15)23-20(26)17-11-22-19-9-5-6-10-25(19)21(17)27/h2-11,15,18H,12-14H2,1H3,(H,23,26)/t15-,18-/m0/s1. The van der Waals surface area contributed by atoms with Crippen molar-refractivity contribution in [3.63, 3.8) is 0 Å². The molecule has 1 saturated heterocycles. The Bertz CT molecular complexity index is 1020. The van der Waals surface area contributed by atoms with E-state index in [9.17, 15) is 9.59 Å². The fourth-order valence-electron chi connectivity index (χ4n) is 3.65. The fourth-order valence-corrected chi connectivity index (χ4v) is 3.65. The fraction of sp³-hybridized carbons (Fsp3) is 0.286. The molecule has 2 aromatic heterocycles. The SMILES string of the molecule is C[C@H]1CN(Cc2ccccc2)C[C@@H]1NC(=O)c1cnc2ccccn2c1=O. The zero-order chi connectivity index (χ0) is 18.8. The van der Waals surface area contributed by atoms with E-state index in [2.05, 4.69) is 34.3 Å². The average Bonchev–Trinajstić information content (AvgIpc) is 3.01. The van der Waals surface area contributed by atoms with Gasteiger partial charge in [0.1, 0.15) is 11.2 Å². The molecular weight excluding hydrogens is 340 g/mol. The van der Waals surface area contributed by atoms with Crippen LogP contribution in [0, 0.1) is 5.92 Å². The number of carbonyl (C=O) groups excluding carboxylic acids is 1. The summed E-state index contributed by atoms with van der Waals surface area (Å²) in [5.74, 6) is -0.0435. The highest BCUT2D eigenvalue weighted by Crippen LogP contribution is 2.19. The van der Waals surface area contributed by atoms with Gasteiger partial charge in [0.2, 0.25) is 0 Å². The summed E-state index contributed by atoms with van der Waals surface area (Å²) in [5.41, 5.74) is 1.52. The van der Waals surface area contributed by atoms with Crippen LogP contribution in [0.3, 0.4) is 0 Å². The molecule has 3 aromatic rings. The van der Waals surface area contributed by atoms with Gasteiger partial charge in [0.15, 0.2) is 0 Å². The largest absolute Gasteiger partial charge is 0.347 e. The van der Waals surface area contributed by atoms with Crippen molar-refractivity contribution in [2.24, 2.45) is 5.92 Å². The lowest BCUT2D eigenvalue weighted by atomic mass is 10.1. The zero-order valence-corrected chi connectivity index (χ0v) is 15.2. The first-order valence-corrected chi connectivity index (χ1v) is 9.15. The van der Waals surface area contributed by atoms with Crippen LogP contribution in [0.2, 0.25) is 0 Å². The third kappa shape index (κ3) is 3.61. The van der Waals surface area contributed by atoms with Crippen molar-refractivity contribution in [2.45, 2.75) is 19.5 Å². The number of aromatic nitrogens is 2. The van der Waals surface area contributed by atoms with E-state index in [1.54, 1.807) is 18.3 Å². The number of pyridine rings is 1. The van der Waals surface area contributed by atoms with Gasteiger partial charge in [0.05, 0.1) is 0 Å². The smallest absolute Gasteiger partial charge is 0.270 e. The first-order valence-electron chi connectivity index (χ1n) is 9.15. The lowest BCUT2D eigenvalue weighted by molar-refractivity contribution is 0.0929. The van der Waals surface area contributed by atoms with E-state index >= 15 is 0 Å². The maximum absolute atomic E-state index is 12.7. The van der Waals surface area contributed by atoms with Gasteiger partial charge in [-0.3, -0.25) is 18.9 Å². The van der Waals surface area contributed by atoms with Gasteiger partial charge in [0.25, 0.3) is 11.5 Å². The van der Waals surface area contributed by atoms with E-state index in [4.69, 9.17) is 0 Å². The molecule has 0 spiro atoms. The zero-order valence-electron chi connectivity index (χ0n) is 15.2. The summed E-state index contributed by atoms with van der Waals surface area (Å²) < 4.78 is 1.40. The second kappa shape index (κ2) is 7.32. The molecule has 0 saturated carbocycles. The summed E-state index contributed by atoms with van der Waals surface area (Å²) in [6.45, 7) is 4.66. The van der Waals surface area contributed by atoms with E-state index in [0.29, 0.717) is 11.6 Å². The predicted octanol–water partition coefficient (Wildman–Crippen LogP) is 1.94. The van der Waals surface area contributed by atoms with Crippen molar-refractivity contribution in [2.75, 3.05) is 13.1 Å². The summed E-state index contributed by atoms with van der Waals surface area (Å²) in [6, 6.07) is 15.6. The van der Waals surface area contributed by atoms with E-state index < -0.39 is 0 Å². The molecule has 1 amide bonds. The van der Waals surface area contributed by atoms with Crippen LogP contribution in [0.1, 0.15) is 22.8 Å². The number of carbonyl (C=O) groups is 1. The Morgan fingerprint density at radius 2 is 1.93 bits per heavy atom. The molecule has 6 nitrogen and oxygen atoms in total. The summed E-state index contributed by atoms with van der Waals surface area (Å²) >= 11 is 0. The minimum atomic E-state index is -0.357. The molecule has 1 fully saturated rings. The number of hydrogen-bond donors (Lipinski definition) is 1. The molecule has 138 valence electrons. The van der Waals surface area contributed by atoms with Crippen LogP contribution in [0.25, 0.3) is 5.65 Å². The summed E-state index contributed by atoms with van der Waals surface area (Å²) in [4.78, 5) is 31.8. The Kier molecular flexibility index (Phi) is 4.73. The van der Waals surface area contributed by atoms with Gasteiger partial charge in [-0.05, 0) is 23.6 Å². The van der Waals surface area contributed by atoms with Gasteiger partial charge < -0.3 is 5.32 Å². The second-order valence-electron chi connectivity index (χ2n) is 7.14. The van der Waals surface area contributed by atoms with Gasteiger partial charge in [0, 0.05) is 38.1 Å². The Labute approximate surface area is 157 Å². The van der Waals surface area contributed by atoms with Gasteiger partial charge >= 0.3 is 0 Å². The normalized spacial score (nSPS) is 20.0. The number of likely N-dealkylation sites (tertiary alicyclic amines) is 1. The summed E-state index contributed by atoms with van der Waals surface area (Å²) in [5, 5.41) is 3.03. The quantitative estimate of drug-likeness (QED) is 0.770. The summed E-state index contributed by atoms with van der Waals surface area (Å²) in [7, 11) is 0. The van der Waals surface area contributed by atoms with Gasteiger partial charge in [-0.15, -0.1) is 0 Å². The Hall–Kier alpha value is -2.99. The monoisotopic (exact) mass is 362 g/mol. The van der Waals surface area contributed by atoms with E-state index in [1.165, 1.54) is 16.2 Å². The number of amides is 1.